The monoisotopic (exact) mass is 338 g/mol. The fourth-order valence-corrected chi connectivity index (χ4v) is 3.34. The van der Waals surface area contributed by atoms with Crippen LogP contribution in [0.15, 0.2) is 54.6 Å². The molecule has 5 heteroatoms. The lowest BCUT2D eigenvalue weighted by atomic mass is 10.1. The Kier molecular flexibility index (Phi) is 5.14. The van der Waals surface area contributed by atoms with Gasteiger partial charge in [-0.3, -0.25) is 4.79 Å². The maximum absolute atomic E-state index is 12.6. The summed E-state index contributed by atoms with van der Waals surface area (Å²) in [5, 5.41) is 10.8. The van der Waals surface area contributed by atoms with Crippen molar-refractivity contribution in [2.75, 3.05) is 26.2 Å². The minimum absolute atomic E-state index is 0.0451. The maximum Gasteiger partial charge on any atom is 0.254 e. The molecule has 1 saturated heterocycles. The zero-order valence-electron chi connectivity index (χ0n) is 14.3. The lowest BCUT2D eigenvalue weighted by Gasteiger charge is -2.35. The van der Waals surface area contributed by atoms with Crippen molar-refractivity contribution in [2.24, 2.45) is 0 Å². The SMILES string of the molecule is C[C@H](c1ccccc1)[NH+]1CCN(C(=O)c2ccc(C(=O)[O-])cc2)CC1. The molecular formula is C20H22N2O3. The third kappa shape index (κ3) is 3.88. The molecular weight excluding hydrogens is 316 g/mol. The van der Waals surface area contributed by atoms with Gasteiger partial charge in [-0.25, -0.2) is 0 Å². The minimum atomic E-state index is -1.23. The van der Waals surface area contributed by atoms with E-state index in [1.54, 1.807) is 12.1 Å². The number of nitrogens with zero attached hydrogens (tertiary/aromatic N) is 1. The average Bonchev–Trinajstić information content (AvgIpc) is 2.67. The molecule has 0 spiro atoms. The fourth-order valence-electron chi connectivity index (χ4n) is 3.34. The quantitative estimate of drug-likeness (QED) is 0.863. The van der Waals surface area contributed by atoms with Gasteiger partial charge in [0.1, 0.15) is 6.04 Å². The molecule has 0 aliphatic carbocycles. The smallest absolute Gasteiger partial charge is 0.254 e. The largest absolute Gasteiger partial charge is 0.545 e. The summed E-state index contributed by atoms with van der Waals surface area (Å²) >= 11 is 0. The highest BCUT2D eigenvalue weighted by Crippen LogP contribution is 2.11. The molecule has 1 aliphatic heterocycles. The molecule has 1 atom stereocenters. The lowest BCUT2D eigenvalue weighted by molar-refractivity contribution is -0.933. The molecule has 5 nitrogen and oxygen atoms in total. The van der Waals surface area contributed by atoms with Crippen molar-refractivity contribution in [1.29, 1.82) is 0 Å². The Morgan fingerprint density at radius 3 is 2.08 bits per heavy atom. The number of carbonyl (C=O) groups excluding carboxylic acids is 2. The molecule has 1 amide bonds. The van der Waals surface area contributed by atoms with Crippen LogP contribution >= 0.6 is 0 Å². The summed E-state index contributed by atoms with van der Waals surface area (Å²) in [4.78, 5) is 26.7. The molecule has 1 fully saturated rings. The van der Waals surface area contributed by atoms with Crippen molar-refractivity contribution in [2.45, 2.75) is 13.0 Å². The Labute approximate surface area is 147 Å². The summed E-state index contributed by atoms with van der Waals surface area (Å²) in [6.07, 6.45) is 0. The molecule has 0 saturated carbocycles. The van der Waals surface area contributed by atoms with Crippen LogP contribution < -0.4 is 10.0 Å². The van der Waals surface area contributed by atoms with Gasteiger partial charge in [0.15, 0.2) is 0 Å². The highest BCUT2D eigenvalue weighted by Gasteiger charge is 2.28. The first-order valence-corrected chi connectivity index (χ1v) is 8.56. The van der Waals surface area contributed by atoms with E-state index in [2.05, 4.69) is 31.2 Å². The van der Waals surface area contributed by atoms with Crippen LogP contribution in [0.3, 0.4) is 0 Å². The van der Waals surface area contributed by atoms with E-state index in [4.69, 9.17) is 0 Å². The molecule has 0 aromatic heterocycles. The molecule has 1 heterocycles. The normalized spacial score (nSPS) is 16.4. The maximum atomic E-state index is 12.6. The number of nitrogens with one attached hydrogen (secondary N) is 1. The van der Waals surface area contributed by atoms with E-state index in [0.29, 0.717) is 24.7 Å². The van der Waals surface area contributed by atoms with Crippen molar-refractivity contribution < 1.29 is 19.6 Å². The van der Waals surface area contributed by atoms with Crippen LogP contribution in [0.4, 0.5) is 0 Å². The van der Waals surface area contributed by atoms with Gasteiger partial charge in [-0.1, -0.05) is 42.5 Å². The summed E-state index contributed by atoms with van der Waals surface area (Å²) in [5.41, 5.74) is 1.92. The number of hydrogen-bond acceptors (Lipinski definition) is 3. The molecule has 0 unspecified atom stereocenters. The molecule has 130 valence electrons. The molecule has 0 radical (unpaired) electrons. The van der Waals surface area contributed by atoms with Crippen LogP contribution in [0.25, 0.3) is 0 Å². The summed E-state index contributed by atoms with van der Waals surface area (Å²) in [6, 6.07) is 16.8. The van der Waals surface area contributed by atoms with E-state index in [-0.39, 0.29) is 11.5 Å². The van der Waals surface area contributed by atoms with Crippen LogP contribution in [0.2, 0.25) is 0 Å². The van der Waals surface area contributed by atoms with E-state index in [9.17, 15) is 14.7 Å². The van der Waals surface area contributed by atoms with E-state index < -0.39 is 5.97 Å². The Bertz CT molecular complexity index is 735. The van der Waals surface area contributed by atoms with Crippen LogP contribution in [-0.2, 0) is 0 Å². The van der Waals surface area contributed by atoms with Crippen molar-refractivity contribution in [3.63, 3.8) is 0 Å². The zero-order valence-corrected chi connectivity index (χ0v) is 14.3. The number of carboxylic acids is 1. The zero-order chi connectivity index (χ0) is 17.8. The molecule has 3 rings (SSSR count). The predicted octanol–water partition coefficient (Wildman–Crippen LogP) is 0.152. The highest BCUT2D eigenvalue weighted by molar-refractivity contribution is 5.95. The van der Waals surface area contributed by atoms with E-state index in [1.165, 1.54) is 22.6 Å². The summed E-state index contributed by atoms with van der Waals surface area (Å²) in [7, 11) is 0. The van der Waals surface area contributed by atoms with Crippen LogP contribution in [0, 0.1) is 0 Å². The molecule has 2 aromatic carbocycles. The number of amides is 1. The second-order valence-corrected chi connectivity index (χ2v) is 6.45. The first-order chi connectivity index (χ1) is 12.1. The molecule has 1 N–H and O–H groups in total. The lowest BCUT2D eigenvalue weighted by Crippen LogP contribution is -3.14. The topological polar surface area (TPSA) is 64.9 Å². The second kappa shape index (κ2) is 7.49. The van der Waals surface area contributed by atoms with E-state index in [0.717, 1.165) is 13.1 Å². The van der Waals surface area contributed by atoms with Crippen molar-refractivity contribution in [1.82, 2.24) is 4.90 Å². The minimum Gasteiger partial charge on any atom is -0.545 e. The Morgan fingerprint density at radius 2 is 1.52 bits per heavy atom. The standard InChI is InChI=1S/C20H22N2O3/c1-15(16-5-3-2-4-6-16)21-11-13-22(14-12-21)19(23)17-7-9-18(10-8-17)20(24)25/h2-10,15H,11-14H2,1H3,(H,24,25)/t15-/m1/s1. The van der Waals surface area contributed by atoms with Gasteiger partial charge >= 0.3 is 0 Å². The number of rotatable bonds is 4. The number of hydrogen-bond donors (Lipinski definition) is 1. The van der Waals surface area contributed by atoms with Gasteiger partial charge in [-0.05, 0) is 24.6 Å². The van der Waals surface area contributed by atoms with Crippen LogP contribution in [-0.4, -0.2) is 43.0 Å². The number of piperazine rings is 1. The number of carboxylic acid groups (broad SMARTS) is 1. The Morgan fingerprint density at radius 1 is 0.960 bits per heavy atom. The third-order valence-corrected chi connectivity index (χ3v) is 4.97. The first-order valence-electron chi connectivity index (χ1n) is 8.56. The van der Waals surface area contributed by atoms with Crippen molar-refractivity contribution in [3.05, 3.63) is 71.3 Å². The predicted molar refractivity (Wildman–Crippen MR) is 92.2 cm³/mol. The molecule has 1 aliphatic rings. The van der Waals surface area contributed by atoms with Crippen molar-refractivity contribution in [3.8, 4) is 0 Å². The second-order valence-electron chi connectivity index (χ2n) is 6.45. The van der Waals surface area contributed by atoms with Gasteiger partial charge in [0.25, 0.3) is 5.91 Å². The number of quaternary nitrogens is 1. The summed E-state index contributed by atoms with van der Waals surface area (Å²) in [6.45, 7) is 5.43. The van der Waals surface area contributed by atoms with Gasteiger partial charge in [0, 0.05) is 11.1 Å². The van der Waals surface area contributed by atoms with Gasteiger partial charge in [-0.15, -0.1) is 0 Å². The van der Waals surface area contributed by atoms with E-state index in [1.807, 2.05) is 11.0 Å². The average molecular weight is 338 g/mol. The Balaban J connectivity index is 1.60. The molecule has 0 bridgehead atoms. The number of benzene rings is 2. The van der Waals surface area contributed by atoms with Gasteiger partial charge in [0.2, 0.25) is 0 Å². The van der Waals surface area contributed by atoms with Crippen LogP contribution in [0.1, 0.15) is 39.2 Å². The molecule has 2 aromatic rings. The van der Waals surface area contributed by atoms with Crippen molar-refractivity contribution >= 4 is 11.9 Å². The van der Waals surface area contributed by atoms with Gasteiger partial charge in [-0.2, -0.15) is 0 Å². The van der Waals surface area contributed by atoms with E-state index >= 15 is 0 Å². The summed E-state index contributed by atoms with van der Waals surface area (Å²) in [5.74, 6) is -1.28. The highest BCUT2D eigenvalue weighted by atomic mass is 16.4. The fraction of sp³-hybridized carbons (Fsp3) is 0.300. The van der Waals surface area contributed by atoms with Gasteiger partial charge < -0.3 is 19.7 Å². The summed E-state index contributed by atoms with van der Waals surface area (Å²) < 4.78 is 0. The number of carbonyl (C=O) groups is 2. The van der Waals surface area contributed by atoms with Crippen LogP contribution in [0.5, 0.6) is 0 Å². The Hall–Kier alpha value is -2.66. The van der Waals surface area contributed by atoms with Gasteiger partial charge in [0.05, 0.1) is 32.1 Å². The first kappa shape index (κ1) is 17.2. The molecule has 25 heavy (non-hydrogen) atoms. The number of aromatic carboxylic acids is 1. The third-order valence-electron chi connectivity index (χ3n) is 4.97.